The molecule has 1 N–H and O–H groups in total. The Morgan fingerprint density at radius 3 is 2.86 bits per heavy atom. The van der Waals surface area contributed by atoms with Crippen molar-refractivity contribution in [3.63, 3.8) is 0 Å². The zero-order chi connectivity index (χ0) is 10.1. The summed E-state index contributed by atoms with van der Waals surface area (Å²) < 4.78 is 0. The van der Waals surface area contributed by atoms with E-state index in [2.05, 4.69) is 44.3 Å². The molecule has 0 aromatic heterocycles. The molecule has 0 aliphatic carbocycles. The van der Waals surface area contributed by atoms with Gasteiger partial charge in [-0.2, -0.15) is 0 Å². The van der Waals surface area contributed by atoms with Crippen LogP contribution in [-0.2, 0) is 6.42 Å². The summed E-state index contributed by atoms with van der Waals surface area (Å²) >= 11 is 0. The van der Waals surface area contributed by atoms with E-state index in [1.165, 1.54) is 17.7 Å². The van der Waals surface area contributed by atoms with Crippen LogP contribution in [0.1, 0.15) is 37.8 Å². The largest absolute Gasteiger partial charge is 0.385 e. The van der Waals surface area contributed by atoms with Gasteiger partial charge >= 0.3 is 0 Å². The predicted octanol–water partition coefficient (Wildman–Crippen LogP) is 3.41. The highest BCUT2D eigenvalue weighted by atomic mass is 14.9. The quantitative estimate of drug-likeness (QED) is 0.714. The first-order chi connectivity index (χ1) is 6.68. The lowest BCUT2D eigenvalue weighted by atomic mass is 9.87. The van der Waals surface area contributed by atoms with Crippen molar-refractivity contribution < 1.29 is 0 Å². The van der Waals surface area contributed by atoms with Crippen molar-refractivity contribution in [3.05, 3.63) is 29.3 Å². The fourth-order valence-corrected chi connectivity index (χ4v) is 2.24. The molecule has 1 heterocycles. The van der Waals surface area contributed by atoms with Crippen LogP contribution in [0, 0.1) is 5.92 Å². The van der Waals surface area contributed by atoms with E-state index in [1.54, 1.807) is 5.56 Å². The molecule has 14 heavy (non-hydrogen) atoms. The maximum absolute atomic E-state index is 3.51. The van der Waals surface area contributed by atoms with E-state index in [0.29, 0.717) is 5.92 Å². The predicted molar refractivity (Wildman–Crippen MR) is 61.9 cm³/mol. The second-order valence-corrected chi connectivity index (χ2v) is 4.72. The molecule has 0 amide bonds. The lowest BCUT2D eigenvalue weighted by Crippen LogP contribution is -2.21. The highest BCUT2D eigenvalue weighted by Gasteiger charge is 2.18. The van der Waals surface area contributed by atoms with Crippen LogP contribution >= 0.6 is 0 Å². The van der Waals surface area contributed by atoms with Crippen molar-refractivity contribution in [1.29, 1.82) is 0 Å². The molecule has 0 saturated carbocycles. The van der Waals surface area contributed by atoms with E-state index in [9.17, 15) is 0 Å². The second kappa shape index (κ2) is 3.64. The van der Waals surface area contributed by atoms with E-state index in [1.807, 2.05) is 0 Å². The molecule has 1 atom stereocenters. The first-order valence-corrected chi connectivity index (χ1v) is 5.54. The molecular formula is C13H19N. The zero-order valence-corrected chi connectivity index (χ0v) is 9.30. The third kappa shape index (κ3) is 1.63. The lowest BCUT2D eigenvalue weighted by molar-refractivity contribution is 0.588. The number of anilines is 1. The Hall–Kier alpha value is -0.980. The third-order valence-electron chi connectivity index (χ3n) is 3.03. The van der Waals surface area contributed by atoms with Gasteiger partial charge in [-0.3, -0.25) is 0 Å². The smallest absolute Gasteiger partial charge is 0.0375 e. The van der Waals surface area contributed by atoms with Crippen LogP contribution in [0.5, 0.6) is 0 Å². The molecule has 0 bridgehead atoms. The van der Waals surface area contributed by atoms with Crippen LogP contribution in [0.3, 0.4) is 0 Å². The molecule has 0 fully saturated rings. The van der Waals surface area contributed by atoms with Crippen LogP contribution in [0.15, 0.2) is 18.2 Å². The Morgan fingerprint density at radius 2 is 2.14 bits per heavy atom. The van der Waals surface area contributed by atoms with Crippen LogP contribution in [0.4, 0.5) is 5.69 Å². The lowest BCUT2D eigenvalue weighted by Gasteiger charge is -2.26. The standard InChI is InChI=1S/C13H19N/c1-9(2)11-5-4-6-13-12(11)7-10(3)8-14-13/h4-6,9-10,14H,7-8H2,1-3H3. The minimum absolute atomic E-state index is 0.636. The summed E-state index contributed by atoms with van der Waals surface area (Å²) in [5.74, 6) is 1.40. The Balaban J connectivity index is 2.43. The number of fused-ring (bicyclic) bond motifs is 1. The molecule has 1 aromatic carbocycles. The van der Waals surface area contributed by atoms with Gasteiger partial charge in [-0.1, -0.05) is 32.9 Å². The molecule has 0 saturated heterocycles. The Kier molecular flexibility index (Phi) is 2.49. The van der Waals surface area contributed by atoms with Gasteiger partial charge in [-0.05, 0) is 35.4 Å². The van der Waals surface area contributed by atoms with Crippen molar-refractivity contribution in [2.24, 2.45) is 5.92 Å². The summed E-state index contributed by atoms with van der Waals surface area (Å²) in [6.07, 6.45) is 1.23. The van der Waals surface area contributed by atoms with E-state index in [0.717, 1.165) is 12.5 Å². The van der Waals surface area contributed by atoms with Crippen molar-refractivity contribution in [3.8, 4) is 0 Å². The third-order valence-corrected chi connectivity index (χ3v) is 3.03. The van der Waals surface area contributed by atoms with E-state index in [-0.39, 0.29) is 0 Å². The van der Waals surface area contributed by atoms with Crippen molar-refractivity contribution in [2.45, 2.75) is 33.1 Å². The average Bonchev–Trinajstić information content (AvgIpc) is 2.16. The summed E-state index contributed by atoms with van der Waals surface area (Å²) in [7, 11) is 0. The fourth-order valence-electron chi connectivity index (χ4n) is 2.24. The summed E-state index contributed by atoms with van der Waals surface area (Å²) in [5, 5.41) is 3.51. The second-order valence-electron chi connectivity index (χ2n) is 4.72. The van der Waals surface area contributed by atoms with Gasteiger partial charge in [-0.25, -0.2) is 0 Å². The molecule has 76 valence electrons. The summed E-state index contributed by atoms with van der Waals surface area (Å²) in [6.45, 7) is 7.98. The normalized spacial score (nSPS) is 20.4. The number of benzene rings is 1. The van der Waals surface area contributed by atoms with Gasteiger partial charge in [0.25, 0.3) is 0 Å². The molecule has 1 aliphatic heterocycles. The molecule has 0 radical (unpaired) electrons. The number of rotatable bonds is 1. The molecule has 1 heteroatoms. The van der Waals surface area contributed by atoms with E-state index in [4.69, 9.17) is 0 Å². The minimum atomic E-state index is 0.636. The van der Waals surface area contributed by atoms with Crippen molar-refractivity contribution in [2.75, 3.05) is 11.9 Å². The highest BCUT2D eigenvalue weighted by molar-refractivity contribution is 5.57. The molecule has 1 nitrogen and oxygen atoms in total. The molecular weight excluding hydrogens is 170 g/mol. The topological polar surface area (TPSA) is 12.0 Å². The van der Waals surface area contributed by atoms with E-state index < -0.39 is 0 Å². The van der Waals surface area contributed by atoms with Gasteiger partial charge < -0.3 is 5.32 Å². The molecule has 2 rings (SSSR count). The van der Waals surface area contributed by atoms with Gasteiger partial charge in [0.2, 0.25) is 0 Å². The maximum Gasteiger partial charge on any atom is 0.0375 e. The first kappa shape index (κ1) is 9.57. The monoisotopic (exact) mass is 189 g/mol. The molecule has 0 spiro atoms. The highest BCUT2D eigenvalue weighted by Crippen LogP contribution is 2.31. The van der Waals surface area contributed by atoms with E-state index >= 15 is 0 Å². The van der Waals surface area contributed by atoms with Crippen molar-refractivity contribution >= 4 is 5.69 Å². The molecule has 1 unspecified atom stereocenters. The van der Waals surface area contributed by atoms with Crippen LogP contribution in [0.25, 0.3) is 0 Å². The average molecular weight is 189 g/mol. The van der Waals surface area contributed by atoms with Gasteiger partial charge in [0.1, 0.15) is 0 Å². The first-order valence-electron chi connectivity index (χ1n) is 5.54. The van der Waals surface area contributed by atoms with Crippen LogP contribution < -0.4 is 5.32 Å². The Morgan fingerprint density at radius 1 is 1.36 bits per heavy atom. The van der Waals surface area contributed by atoms with Gasteiger partial charge in [0.05, 0.1) is 0 Å². The fraction of sp³-hybridized carbons (Fsp3) is 0.538. The van der Waals surface area contributed by atoms with Crippen molar-refractivity contribution in [1.82, 2.24) is 0 Å². The maximum atomic E-state index is 3.51. The van der Waals surface area contributed by atoms with Gasteiger partial charge in [0, 0.05) is 12.2 Å². The number of hydrogen-bond donors (Lipinski definition) is 1. The zero-order valence-electron chi connectivity index (χ0n) is 9.30. The number of hydrogen-bond acceptors (Lipinski definition) is 1. The summed E-state index contributed by atoms with van der Waals surface area (Å²) in [6, 6.07) is 6.63. The summed E-state index contributed by atoms with van der Waals surface area (Å²) in [4.78, 5) is 0. The molecule has 1 aromatic rings. The molecule has 1 aliphatic rings. The van der Waals surface area contributed by atoms with Gasteiger partial charge in [-0.15, -0.1) is 0 Å². The van der Waals surface area contributed by atoms with Crippen LogP contribution in [-0.4, -0.2) is 6.54 Å². The Bertz CT molecular complexity index is 328. The van der Waals surface area contributed by atoms with Gasteiger partial charge in [0.15, 0.2) is 0 Å². The summed E-state index contributed by atoms with van der Waals surface area (Å²) in [5.41, 5.74) is 4.41. The SMILES string of the molecule is CC1CNc2cccc(C(C)C)c2C1. The Labute approximate surface area is 86.5 Å². The van der Waals surface area contributed by atoms with Crippen LogP contribution in [0.2, 0.25) is 0 Å². The minimum Gasteiger partial charge on any atom is -0.385 e. The number of nitrogens with one attached hydrogen (secondary N) is 1.